The quantitative estimate of drug-likeness (QED) is 0.910. The number of nitrogens with zero attached hydrogens (tertiary/aromatic N) is 1. The lowest BCUT2D eigenvalue weighted by atomic mass is 9.89. The Balaban J connectivity index is 1.63. The summed E-state index contributed by atoms with van der Waals surface area (Å²) in [6, 6.07) is 8.02. The number of fused-ring (bicyclic) bond motifs is 2. The van der Waals surface area contributed by atoms with Crippen molar-refractivity contribution in [3.05, 3.63) is 28.2 Å². The Morgan fingerprint density at radius 2 is 2.17 bits per heavy atom. The zero-order chi connectivity index (χ0) is 12.5. The molecule has 2 nitrogen and oxygen atoms in total. The molecule has 94 valence electrons. The fourth-order valence-corrected chi connectivity index (χ4v) is 4.12. The SMILES string of the molecule is N#Cc1cc(Br)cc(NCC2CC3CCC2C3)c1. The average Bonchev–Trinajstić information content (AvgIpc) is 2.97. The van der Waals surface area contributed by atoms with Crippen LogP contribution in [0.1, 0.15) is 31.2 Å². The van der Waals surface area contributed by atoms with Crippen LogP contribution in [0.4, 0.5) is 5.69 Å². The summed E-state index contributed by atoms with van der Waals surface area (Å²) < 4.78 is 0.969. The average molecular weight is 305 g/mol. The third-order valence-corrected chi connectivity index (χ3v) is 4.94. The van der Waals surface area contributed by atoms with Gasteiger partial charge < -0.3 is 5.32 Å². The lowest BCUT2D eigenvalue weighted by Crippen LogP contribution is -2.20. The second-order valence-corrected chi connectivity index (χ2v) is 6.57. The second kappa shape index (κ2) is 4.93. The number of nitriles is 1. The molecule has 0 radical (unpaired) electrons. The molecule has 18 heavy (non-hydrogen) atoms. The van der Waals surface area contributed by atoms with Crippen LogP contribution in [-0.2, 0) is 0 Å². The number of rotatable bonds is 3. The summed E-state index contributed by atoms with van der Waals surface area (Å²) in [5.41, 5.74) is 1.77. The molecule has 0 spiro atoms. The highest BCUT2D eigenvalue weighted by atomic mass is 79.9. The summed E-state index contributed by atoms with van der Waals surface area (Å²) in [5.74, 6) is 2.79. The third kappa shape index (κ3) is 2.40. The molecule has 3 unspecified atom stereocenters. The van der Waals surface area contributed by atoms with Gasteiger partial charge in [0.2, 0.25) is 0 Å². The minimum absolute atomic E-state index is 0.708. The maximum Gasteiger partial charge on any atom is 0.0992 e. The summed E-state index contributed by atoms with van der Waals surface area (Å²) in [7, 11) is 0. The van der Waals surface area contributed by atoms with Gasteiger partial charge in [0.25, 0.3) is 0 Å². The first-order valence-electron chi connectivity index (χ1n) is 6.69. The van der Waals surface area contributed by atoms with Gasteiger partial charge >= 0.3 is 0 Å². The molecule has 3 rings (SSSR count). The van der Waals surface area contributed by atoms with Crippen molar-refractivity contribution in [2.75, 3.05) is 11.9 Å². The molecule has 0 heterocycles. The molecule has 2 saturated carbocycles. The minimum Gasteiger partial charge on any atom is -0.385 e. The smallest absolute Gasteiger partial charge is 0.0992 e. The van der Waals surface area contributed by atoms with E-state index < -0.39 is 0 Å². The van der Waals surface area contributed by atoms with Crippen molar-refractivity contribution in [1.29, 1.82) is 5.26 Å². The van der Waals surface area contributed by atoms with Gasteiger partial charge in [0.15, 0.2) is 0 Å². The molecule has 0 aliphatic heterocycles. The first-order chi connectivity index (χ1) is 8.74. The first-order valence-corrected chi connectivity index (χ1v) is 7.48. The maximum atomic E-state index is 8.95. The van der Waals surface area contributed by atoms with Crippen molar-refractivity contribution >= 4 is 21.6 Å². The summed E-state index contributed by atoms with van der Waals surface area (Å²) in [6.07, 6.45) is 5.74. The van der Waals surface area contributed by atoms with E-state index in [2.05, 4.69) is 27.3 Å². The summed E-state index contributed by atoms with van der Waals surface area (Å²) >= 11 is 3.45. The molecule has 1 N–H and O–H groups in total. The molecule has 3 heteroatoms. The number of nitrogens with one attached hydrogen (secondary N) is 1. The Morgan fingerprint density at radius 3 is 2.83 bits per heavy atom. The zero-order valence-corrected chi connectivity index (χ0v) is 11.9. The van der Waals surface area contributed by atoms with Crippen LogP contribution in [0, 0.1) is 29.1 Å². The highest BCUT2D eigenvalue weighted by Gasteiger charge is 2.38. The van der Waals surface area contributed by atoms with E-state index in [0.29, 0.717) is 5.56 Å². The van der Waals surface area contributed by atoms with Gasteiger partial charge in [0, 0.05) is 16.7 Å². The Hall–Kier alpha value is -1.01. The molecule has 2 bridgehead atoms. The highest BCUT2D eigenvalue weighted by molar-refractivity contribution is 9.10. The topological polar surface area (TPSA) is 35.8 Å². The zero-order valence-electron chi connectivity index (χ0n) is 10.3. The Morgan fingerprint density at radius 1 is 1.28 bits per heavy atom. The summed E-state index contributed by atoms with van der Waals surface area (Å²) in [6.45, 7) is 1.06. The largest absolute Gasteiger partial charge is 0.385 e. The van der Waals surface area contributed by atoms with Crippen LogP contribution >= 0.6 is 15.9 Å². The van der Waals surface area contributed by atoms with Gasteiger partial charge in [-0.05, 0) is 55.2 Å². The van der Waals surface area contributed by atoms with E-state index in [9.17, 15) is 0 Å². The fraction of sp³-hybridized carbons (Fsp3) is 0.533. The van der Waals surface area contributed by atoms with Crippen molar-refractivity contribution in [2.24, 2.45) is 17.8 Å². The van der Waals surface area contributed by atoms with Crippen molar-refractivity contribution in [1.82, 2.24) is 0 Å². The number of anilines is 1. The fourth-order valence-electron chi connectivity index (χ4n) is 3.63. The van der Waals surface area contributed by atoms with Crippen molar-refractivity contribution in [3.8, 4) is 6.07 Å². The molecule has 2 aliphatic carbocycles. The summed E-state index contributed by atoms with van der Waals surface area (Å²) in [4.78, 5) is 0. The van der Waals surface area contributed by atoms with Gasteiger partial charge in [-0.3, -0.25) is 0 Å². The van der Waals surface area contributed by atoms with E-state index in [-0.39, 0.29) is 0 Å². The van der Waals surface area contributed by atoms with Gasteiger partial charge in [0.05, 0.1) is 11.6 Å². The molecule has 3 atom stereocenters. The molecule has 0 saturated heterocycles. The predicted octanol–water partition coefficient (Wildman–Crippen LogP) is 4.17. The van der Waals surface area contributed by atoms with Crippen LogP contribution in [0.5, 0.6) is 0 Å². The van der Waals surface area contributed by atoms with Crippen LogP contribution in [0.2, 0.25) is 0 Å². The molecule has 1 aromatic rings. The van der Waals surface area contributed by atoms with Crippen LogP contribution in [0.15, 0.2) is 22.7 Å². The molecular weight excluding hydrogens is 288 g/mol. The number of halogens is 1. The van der Waals surface area contributed by atoms with Crippen molar-refractivity contribution in [3.63, 3.8) is 0 Å². The van der Waals surface area contributed by atoms with E-state index in [0.717, 1.165) is 34.5 Å². The highest BCUT2D eigenvalue weighted by Crippen LogP contribution is 2.48. The number of hydrogen-bond donors (Lipinski definition) is 1. The standard InChI is InChI=1S/C15H17BrN2/c16-14-5-11(8-17)6-15(7-14)18-9-13-4-10-1-2-12(13)3-10/h5-7,10,12-13,18H,1-4,9H2. The lowest BCUT2D eigenvalue weighted by Gasteiger charge is -2.22. The third-order valence-electron chi connectivity index (χ3n) is 4.48. The molecular formula is C15H17BrN2. The molecule has 0 aromatic heterocycles. The molecule has 0 amide bonds. The Labute approximate surface area is 117 Å². The monoisotopic (exact) mass is 304 g/mol. The first kappa shape index (κ1) is 12.0. The van der Waals surface area contributed by atoms with Crippen molar-refractivity contribution in [2.45, 2.75) is 25.7 Å². The van der Waals surface area contributed by atoms with Crippen LogP contribution < -0.4 is 5.32 Å². The predicted molar refractivity (Wildman–Crippen MR) is 76.3 cm³/mol. The Kier molecular flexibility index (Phi) is 3.30. The molecule has 2 fully saturated rings. The lowest BCUT2D eigenvalue weighted by molar-refractivity contribution is 0.348. The van der Waals surface area contributed by atoms with E-state index in [1.54, 1.807) is 0 Å². The van der Waals surface area contributed by atoms with Gasteiger partial charge in [-0.2, -0.15) is 5.26 Å². The normalized spacial score (nSPS) is 29.2. The summed E-state index contributed by atoms with van der Waals surface area (Å²) in [5, 5.41) is 12.5. The number of hydrogen-bond acceptors (Lipinski definition) is 2. The van der Waals surface area contributed by atoms with Gasteiger partial charge in [-0.25, -0.2) is 0 Å². The minimum atomic E-state index is 0.708. The molecule has 2 aliphatic rings. The van der Waals surface area contributed by atoms with E-state index >= 15 is 0 Å². The van der Waals surface area contributed by atoms with E-state index in [1.807, 2.05) is 18.2 Å². The van der Waals surface area contributed by atoms with Gasteiger partial charge in [0.1, 0.15) is 0 Å². The van der Waals surface area contributed by atoms with E-state index in [1.165, 1.54) is 25.7 Å². The molecule has 1 aromatic carbocycles. The van der Waals surface area contributed by atoms with Crippen LogP contribution in [0.3, 0.4) is 0 Å². The number of benzene rings is 1. The maximum absolute atomic E-state index is 8.95. The van der Waals surface area contributed by atoms with Crippen molar-refractivity contribution < 1.29 is 0 Å². The van der Waals surface area contributed by atoms with Gasteiger partial charge in [-0.15, -0.1) is 0 Å². The second-order valence-electron chi connectivity index (χ2n) is 5.66. The van der Waals surface area contributed by atoms with Gasteiger partial charge in [-0.1, -0.05) is 22.4 Å². The van der Waals surface area contributed by atoms with Crippen LogP contribution in [-0.4, -0.2) is 6.54 Å². The Bertz CT molecular complexity index is 492. The van der Waals surface area contributed by atoms with E-state index in [4.69, 9.17) is 5.26 Å². The van der Waals surface area contributed by atoms with Crippen LogP contribution in [0.25, 0.3) is 0 Å².